The third-order valence-electron chi connectivity index (χ3n) is 4.38. The van der Waals surface area contributed by atoms with Crippen molar-refractivity contribution >= 4 is 0 Å². The van der Waals surface area contributed by atoms with E-state index < -0.39 is 5.54 Å². The minimum absolute atomic E-state index is 0.302. The van der Waals surface area contributed by atoms with Crippen LogP contribution in [0.5, 0.6) is 0 Å². The Bertz CT molecular complexity index is 446. The molecular formula is C17H24N2O. The lowest BCUT2D eigenvalue weighted by Crippen LogP contribution is -2.44. The Hall–Kier alpha value is -1.37. The van der Waals surface area contributed by atoms with Crippen LogP contribution in [0.4, 0.5) is 0 Å². The maximum atomic E-state index is 9.61. The summed E-state index contributed by atoms with van der Waals surface area (Å²) in [7, 11) is 1.82. The normalized spacial score (nSPS) is 25.6. The van der Waals surface area contributed by atoms with Gasteiger partial charge in [0.15, 0.2) is 5.54 Å². The van der Waals surface area contributed by atoms with Crippen molar-refractivity contribution in [2.75, 3.05) is 13.7 Å². The average Bonchev–Trinajstić information content (AvgIpc) is 2.51. The van der Waals surface area contributed by atoms with E-state index in [1.807, 2.05) is 37.4 Å². The van der Waals surface area contributed by atoms with E-state index in [0.29, 0.717) is 12.7 Å². The Kier molecular flexibility index (Phi) is 5.17. The lowest BCUT2D eigenvalue weighted by atomic mass is 9.88. The smallest absolute Gasteiger partial charge is 0.155 e. The first-order valence-corrected chi connectivity index (χ1v) is 7.47. The molecule has 0 spiro atoms. The molecule has 1 aliphatic carbocycles. The molecule has 0 heterocycles. The first-order valence-electron chi connectivity index (χ1n) is 7.47. The van der Waals surface area contributed by atoms with E-state index in [1.54, 1.807) is 0 Å². The van der Waals surface area contributed by atoms with E-state index in [2.05, 4.69) is 18.3 Å². The van der Waals surface area contributed by atoms with Crippen molar-refractivity contribution in [3.05, 3.63) is 35.9 Å². The van der Waals surface area contributed by atoms with Crippen molar-refractivity contribution in [2.45, 2.75) is 44.2 Å². The van der Waals surface area contributed by atoms with Gasteiger partial charge in [0.2, 0.25) is 0 Å². The molecule has 3 nitrogen and oxygen atoms in total. The monoisotopic (exact) mass is 272 g/mol. The first kappa shape index (κ1) is 15.0. The molecule has 1 N–H and O–H groups in total. The summed E-state index contributed by atoms with van der Waals surface area (Å²) in [6.07, 6.45) is 4.99. The largest absolute Gasteiger partial charge is 0.375 e. The van der Waals surface area contributed by atoms with Crippen LogP contribution in [-0.2, 0) is 10.3 Å². The molecule has 0 aliphatic heterocycles. The van der Waals surface area contributed by atoms with Gasteiger partial charge in [-0.15, -0.1) is 0 Å². The molecule has 1 fully saturated rings. The van der Waals surface area contributed by atoms with Crippen molar-refractivity contribution in [1.29, 1.82) is 5.26 Å². The molecule has 2 rings (SSSR count). The summed E-state index contributed by atoms with van der Waals surface area (Å²) < 4.78 is 6.05. The van der Waals surface area contributed by atoms with Crippen molar-refractivity contribution in [2.24, 2.45) is 5.92 Å². The quantitative estimate of drug-likeness (QED) is 0.895. The van der Waals surface area contributed by atoms with Gasteiger partial charge in [0.1, 0.15) is 0 Å². The van der Waals surface area contributed by atoms with Crippen molar-refractivity contribution in [3.8, 4) is 6.07 Å². The molecule has 0 radical (unpaired) electrons. The topological polar surface area (TPSA) is 45.0 Å². The van der Waals surface area contributed by atoms with Crippen molar-refractivity contribution in [3.63, 3.8) is 0 Å². The van der Waals surface area contributed by atoms with Crippen molar-refractivity contribution in [1.82, 2.24) is 5.32 Å². The molecule has 0 amide bonds. The predicted molar refractivity (Wildman–Crippen MR) is 80.2 cm³/mol. The second kappa shape index (κ2) is 6.88. The van der Waals surface area contributed by atoms with Crippen LogP contribution in [0, 0.1) is 17.2 Å². The zero-order valence-electron chi connectivity index (χ0n) is 12.4. The van der Waals surface area contributed by atoms with Gasteiger partial charge >= 0.3 is 0 Å². The number of nitrogens with zero attached hydrogens (tertiary/aromatic N) is 1. The summed E-state index contributed by atoms with van der Waals surface area (Å²) in [5, 5.41) is 12.8. The molecule has 1 unspecified atom stereocenters. The molecule has 1 saturated carbocycles. The standard InChI is InChI=1S/C17H24N2O/c1-14-8-10-16(11-9-14)20-13-17(12-18,19-2)15-6-4-3-5-7-15/h3-7,14,16,19H,8-11,13H2,1-2H3. The highest BCUT2D eigenvalue weighted by Crippen LogP contribution is 2.28. The van der Waals surface area contributed by atoms with E-state index in [-0.39, 0.29) is 0 Å². The number of nitrogens with one attached hydrogen (secondary N) is 1. The molecule has 0 bridgehead atoms. The van der Waals surface area contributed by atoms with E-state index in [9.17, 15) is 5.26 Å². The van der Waals surface area contributed by atoms with Crippen LogP contribution in [0.1, 0.15) is 38.2 Å². The fourth-order valence-electron chi connectivity index (χ4n) is 2.81. The molecule has 0 aromatic heterocycles. The minimum atomic E-state index is -0.746. The van der Waals surface area contributed by atoms with Crippen LogP contribution in [-0.4, -0.2) is 19.8 Å². The summed E-state index contributed by atoms with van der Waals surface area (Å²) in [6.45, 7) is 2.70. The van der Waals surface area contributed by atoms with Gasteiger partial charge in [0.25, 0.3) is 0 Å². The lowest BCUT2D eigenvalue weighted by molar-refractivity contribution is -0.00337. The van der Waals surface area contributed by atoms with Crippen LogP contribution < -0.4 is 5.32 Å². The average molecular weight is 272 g/mol. The van der Waals surface area contributed by atoms with Gasteiger partial charge in [-0.1, -0.05) is 37.3 Å². The summed E-state index contributed by atoms with van der Waals surface area (Å²) in [5.41, 5.74) is 0.221. The molecule has 0 saturated heterocycles. The molecule has 1 atom stereocenters. The number of hydrogen-bond donors (Lipinski definition) is 1. The second-order valence-electron chi connectivity index (χ2n) is 5.83. The maximum Gasteiger partial charge on any atom is 0.155 e. The molecule has 1 aromatic rings. The predicted octanol–water partition coefficient (Wildman–Crippen LogP) is 3.22. The van der Waals surface area contributed by atoms with Gasteiger partial charge in [-0.05, 0) is 44.2 Å². The molecule has 1 aromatic carbocycles. The van der Waals surface area contributed by atoms with Crippen LogP contribution in [0.3, 0.4) is 0 Å². The Morgan fingerprint density at radius 1 is 1.25 bits per heavy atom. The molecule has 3 heteroatoms. The summed E-state index contributed by atoms with van der Waals surface area (Å²) >= 11 is 0. The number of ether oxygens (including phenoxy) is 1. The number of likely N-dealkylation sites (N-methyl/N-ethyl adjacent to an activating group) is 1. The Balaban J connectivity index is 2.01. The van der Waals surface area contributed by atoms with E-state index in [0.717, 1.165) is 24.3 Å². The minimum Gasteiger partial charge on any atom is -0.375 e. The first-order chi connectivity index (χ1) is 9.70. The third-order valence-corrected chi connectivity index (χ3v) is 4.38. The van der Waals surface area contributed by atoms with Gasteiger partial charge in [-0.2, -0.15) is 5.26 Å². The SMILES string of the molecule is CNC(C#N)(COC1CCC(C)CC1)c1ccccc1. The number of rotatable bonds is 5. The molecular weight excluding hydrogens is 248 g/mol. The highest BCUT2D eigenvalue weighted by Gasteiger charge is 2.32. The van der Waals surface area contributed by atoms with Gasteiger partial charge in [-0.25, -0.2) is 0 Å². The Labute approximate surface area is 121 Å². The molecule has 108 valence electrons. The van der Waals surface area contributed by atoms with Crippen LogP contribution in [0.15, 0.2) is 30.3 Å². The Morgan fingerprint density at radius 3 is 2.45 bits per heavy atom. The zero-order chi connectivity index (χ0) is 14.4. The molecule has 1 aliphatic rings. The highest BCUT2D eigenvalue weighted by atomic mass is 16.5. The van der Waals surface area contributed by atoms with Crippen molar-refractivity contribution < 1.29 is 4.74 Å². The summed E-state index contributed by atoms with van der Waals surface area (Å²) in [5.74, 6) is 0.814. The van der Waals surface area contributed by atoms with Gasteiger partial charge in [0.05, 0.1) is 18.8 Å². The third kappa shape index (κ3) is 3.39. The van der Waals surface area contributed by atoms with Gasteiger partial charge in [-0.3, -0.25) is 5.32 Å². The maximum absolute atomic E-state index is 9.61. The number of nitriles is 1. The molecule has 20 heavy (non-hydrogen) atoms. The fraction of sp³-hybridized carbons (Fsp3) is 0.588. The number of benzene rings is 1. The van der Waals surface area contributed by atoms with Gasteiger partial charge < -0.3 is 4.74 Å². The van der Waals surface area contributed by atoms with E-state index in [1.165, 1.54) is 12.8 Å². The summed E-state index contributed by atoms with van der Waals surface area (Å²) in [4.78, 5) is 0. The summed E-state index contributed by atoms with van der Waals surface area (Å²) in [6, 6.07) is 12.2. The highest BCUT2D eigenvalue weighted by molar-refractivity contribution is 5.31. The Morgan fingerprint density at radius 2 is 1.90 bits per heavy atom. The second-order valence-corrected chi connectivity index (χ2v) is 5.83. The van der Waals surface area contributed by atoms with Crippen LogP contribution in [0.25, 0.3) is 0 Å². The fourth-order valence-corrected chi connectivity index (χ4v) is 2.81. The lowest BCUT2D eigenvalue weighted by Gasteiger charge is -2.31. The van der Waals surface area contributed by atoms with E-state index >= 15 is 0 Å². The van der Waals surface area contributed by atoms with E-state index in [4.69, 9.17) is 4.74 Å². The van der Waals surface area contributed by atoms with Crippen LogP contribution >= 0.6 is 0 Å². The van der Waals surface area contributed by atoms with Crippen LogP contribution in [0.2, 0.25) is 0 Å². The van der Waals surface area contributed by atoms with Gasteiger partial charge in [0, 0.05) is 0 Å². The zero-order valence-corrected chi connectivity index (χ0v) is 12.4. The number of hydrogen-bond acceptors (Lipinski definition) is 3.